The zero-order chi connectivity index (χ0) is 8.55. The molecule has 0 aromatic heterocycles. The molecule has 0 atom stereocenters. The Hall–Kier alpha value is -0.490. The maximum Gasteiger partial charge on any atom is 0.0207 e. The SMILES string of the molecule is Cc1cc2cc(c1)C2CC#CI. The predicted molar refractivity (Wildman–Crippen MR) is 59.4 cm³/mol. The molecule has 2 aliphatic carbocycles. The zero-order valence-corrected chi connectivity index (χ0v) is 9.05. The molecule has 0 N–H and O–H groups in total. The summed E-state index contributed by atoms with van der Waals surface area (Å²) in [5.41, 5.74) is 4.30. The van der Waals surface area contributed by atoms with Crippen LogP contribution in [0.3, 0.4) is 0 Å². The summed E-state index contributed by atoms with van der Waals surface area (Å²) in [4.78, 5) is 0. The van der Waals surface area contributed by atoms with E-state index in [2.05, 4.69) is 57.6 Å². The van der Waals surface area contributed by atoms with Gasteiger partial charge in [0.1, 0.15) is 0 Å². The van der Waals surface area contributed by atoms with Crippen LogP contribution in [0.4, 0.5) is 0 Å². The van der Waals surface area contributed by atoms with Gasteiger partial charge in [0, 0.05) is 34.9 Å². The summed E-state index contributed by atoms with van der Waals surface area (Å²) in [6, 6.07) is 6.77. The molecule has 1 aromatic rings. The van der Waals surface area contributed by atoms with Crippen LogP contribution in [0, 0.1) is 16.8 Å². The lowest BCUT2D eigenvalue weighted by Crippen LogP contribution is -2.10. The Bertz CT molecular complexity index is 346. The Morgan fingerprint density at radius 1 is 1.33 bits per heavy atom. The summed E-state index contributed by atoms with van der Waals surface area (Å²) in [7, 11) is 0. The largest absolute Gasteiger partial charge is 0.0909 e. The van der Waals surface area contributed by atoms with Crippen LogP contribution in [0.5, 0.6) is 0 Å². The third-order valence-electron chi connectivity index (χ3n) is 2.30. The minimum Gasteiger partial charge on any atom is -0.0909 e. The fraction of sp³-hybridized carbons (Fsp3) is 0.273. The lowest BCUT2D eigenvalue weighted by molar-refractivity contribution is 0.786. The molecule has 0 nitrogen and oxygen atoms in total. The first-order chi connectivity index (χ1) is 5.81. The lowest BCUT2D eigenvalue weighted by atomic mass is 9.77. The third-order valence-corrected chi connectivity index (χ3v) is 2.68. The van der Waals surface area contributed by atoms with Gasteiger partial charge in [-0.05, 0) is 22.0 Å². The van der Waals surface area contributed by atoms with Crippen molar-refractivity contribution in [2.45, 2.75) is 19.3 Å². The number of fused-ring (bicyclic) bond motifs is 2. The van der Waals surface area contributed by atoms with Crippen LogP contribution in [0.1, 0.15) is 29.0 Å². The minimum absolute atomic E-state index is 0.621. The molecular formula is C11H9I. The van der Waals surface area contributed by atoms with Crippen molar-refractivity contribution < 1.29 is 0 Å². The number of aryl methyl sites for hydroxylation is 1. The first-order valence-corrected chi connectivity index (χ1v) is 5.09. The van der Waals surface area contributed by atoms with Crippen LogP contribution >= 0.6 is 22.6 Å². The lowest BCUT2D eigenvalue weighted by Gasteiger charge is -2.26. The van der Waals surface area contributed by atoms with Gasteiger partial charge in [0.05, 0.1) is 0 Å². The topological polar surface area (TPSA) is 0 Å². The molecule has 0 unspecified atom stereocenters. The van der Waals surface area contributed by atoms with E-state index in [-0.39, 0.29) is 0 Å². The van der Waals surface area contributed by atoms with Crippen LogP contribution in [0.2, 0.25) is 0 Å². The first-order valence-electron chi connectivity index (χ1n) is 4.01. The highest BCUT2D eigenvalue weighted by Crippen LogP contribution is 2.38. The van der Waals surface area contributed by atoms with Crippen molar-refractivity contribution in [3.05, 3.63) is 34.9 Å². The van der Waals surface area contributed by atoms with Crippen molar-refractivity contribution in [2.75, 3.05) is 0 Å². The first kappa shape index (κ1) is 8.12. The van der Waals surface area contributed by atoms with Gasteiger partial charge in [-0.1, -0.05) is 29.7 Å². The molecular weight excluding hydrogens is 259 g/mol. The molecule has 0 aliphatic heterocycles. The van der Waals surface area contributed by atoms with Crippen LogP contribution < -0.4 is 0 Å². The monoisotopic (exact) mass is 268 g/mol. The average molecular weight is 268 g/mol. The van der Waals surface area contributed by atoms with Gasteiger partial charge in [-0.15, -0.1) is 0 Å². The van der Waals surface area contributed by atoms with E-state index in [1.54, 1.807) is 0 Å². The number of rotatable bonds is 1. The minimum atomic E-state index is 0.621. The van der Waals surface area contributed by atoms with Gasteiger partial charge in [0.25, 0.3) is 0 Å². The van der Waals surface area contributed by atoms with Crippen LogP contribution in [-0.2, 0) is 0 Å². The Morgan fingerprint density at radius 2 is 2.00 bits per heavy atom. The molecule has 1 heteroatoms. The Labute approximate surface area is 86.5 Å². The van der Waals surface area contributed by atoms with Gasteiger partial charge < -0.3 is 0 Å². The van der Waals surface area contributed by atoms with Crippen LogP contribution in [-0.4, -0.2) is 0 Å². The normalized spacial score (nSPS) is 13.2. The summed E-state index contributed by atoms with van der Waals surface area (Å²) in [6.45, 7) is 2.15. The molecule has 0 heterocycles. The van der Waals surface area contributed by atoms with Gasteiger partial charge in [-0.25, -0.2) is 0 Å². The molecule has 0 fully saturated rings. The van der Waals surface area contributed by atoms with E-state index in [4.69, 9.17) is 0 Å². The Morgan fingerprint density at radius 3 is 2.58 bits per heavy atom. The van der Waals surface area contributed by atoms with E-state index >= 15 is 0 Å². The molecule has 3 rings (SSSR count). The molecule has 0 spiro atoms. The summed E-state index contributed by atoms with van der Waals surface area (Å²) in [5.74, 6) is 3.74. The van der Waals surface area contributed by atoms with Gasteiger partial charge >= 0.3 is 0 Å². The molecule has 0 saturated heterocycles. The second-order valence-electron chi connectivity index (χ2n) is 3.21. The van der Waals surface area contributed by atoms with Crippen molar-refractivity contribution >= 4 is 22.6 Å². The maximum absolute atomic E-state index is 3.12. The van der Waals surface area contributed by atoms with E-state index < -0.39 is 0 Å². The molecule has 12 heavy (non-hydrogen) atoms. The smallest absolute Gasteiger partial charge is 0.0207 e. The van der Waals surface area contributed by atoms with Gasteiger partial charge in [-0.3, -0.25) is 0 Å². The van der Waals surface area contributed by atoms with Gasteiger partial charge in [-0.2, -0.15) is 0 Å². The summed E-state index contributed by atoms with van der Waals surface area (Å²) >= 11 is 2.09. The Kier molecular flexibility index (Phi) is 2.10. The highest BCUT2D eigenvalue weighted by molar-refractivity contribution is 14.1. The van der Waals surface area contributed by atoms with E-state index in [0.717, 1.165) is 6.42 Å². The second kappa shape index (κ2) is 3.10. The standard InChI is InChI=1S/C11H9I/c1-8-5-9-7-10(6-8)11(9)3-2-4-12/h5-7,11H,3H2,1H3. The quantitative estimate of drug-likeness (QED) is 0.542. The zero-order valence-electron chi connectivity index (χ0n) is 6.89. The number of benzene rings is 1. The fourth-order valence-electron chi connectivity index (χ4n) is 1.72. The number of hydrogen-bond acceptors (Lipinski definition) is 0. The predicted octanol–water partition coefficient (Wildman–Crippen LogP) is 3.23. The van der Waals surface area contributed by atoms with Crippen molar-refractivity contribution in [2.24, 2.45) is 0 Å². The second-order valence-corrected chi connectivity index (χ2v) is 3.74. The summed E-state index contributed by atoms with van der Waals surface area (Å²) in [5, 5.41) is 0. The summed E-state index contributed by atoms with van der Waals surface area (Å²) < 4.78 is 2.91. The molecule has 1 aromatic carbocycles. The molecule has 2 aliphatic rings. The van der Waals surface area contributed by atoms with Crippen molar-refractivity contribution in [1.29, 1.82) is 0 Å². The average Bonchev–Trinajstić information content (AvgIpc) is 2.04. The van der Waals surface area contributed by atoms with E-state index in [0.29, 0.717) is 5.92 Å². The van der Waals surface area contributed by atoms with E-state index in [9.17, 15) is 0 Å². The highest BCUT2D eigenvalue weighted by atomic mass is 127. The molecule has 0 radical (unpaired) electrons. The number of hydrogen-bond donors (Lipinski definition) is 0. The molecule has 0 saturated carbocycles. The highest BCUT2D eigenvalue weighted by Gasteiger charge is 2.22. The van der Waals surface area contributed by atoms with Crippen molar-refractivity contribution in [3.63, 3.8) is 0 Å². The van der Waals surface area contributed by atoms with Gasteiger partial charge in [0.15, 0.2) is 0 Å². The molecule has 2 bridgehead atoms. The fourth-order valence-corrected chi connectivity index (χ4v) is 1.94. The van der Waals surface area contributed by atoms with E-state index in [1.165, 1.54) is 16.7 Å². The third kappa shape index (κ3) is 1.25. The van der Waals surface area contributed by atoms with Crippen molar-refractivity contribution in [3.8, 4) is 9.85 Å². The molecule has 0 amide bonds. The maximum atomic E-state index is 3.12. The molecule has 60 valence electrons. The van der Waals surface area contributed by atoms with Crippen LogP contribution in [0.15, 0.2) is 18.2 Å². The van der Waals surface area contributed by atoms with Crippen molar-refractivity contribution in [1.82, 2.24) is 0 Å². The summed E-state index contributed by atoms with van der Waals surface area (Å²) in [6.07, 6.45) is 0.990. The van der Waals surface area contributed by atoms with E-state index in [1.807, 2.05) is 0 Å². The Balaban J connectivity index is 2.19. The van der Waals surface area contributed by atoms with Gasteiger partial charge in [0.2, 0.25) is 0 Å². The van der Waals surface area contributed by atoms with Crippen LogP contribution in [0.25, 0.3) is 0 Å². The number of halogens is 1.